The van der Waals surface area contributed by atoms with E-state index in [1.807, 2.05) is 30.3 Å². The third-order valence-corrected chi connectivity index (χ3v) is 4.87. The molecule has 0 saturated heterocycles. The lowest BCUT2D eigenvalue weighted by Crippen LogP contribution is -2.33. The lowest BCUT2D eigenvalue weighted by molar-refractivity contribution is 0.177. The van der Waals surface area contributed by atoms with Crippen molar-refractivity contribution >= 4 is 15.8 Å². The van der Waals surface area contributed by atoms with Gasteiger partial charge in [-0.1, -0.05) is 30.3 Å². The third-order valence-electron chi connectivity index (χ3n) is 3.00. The van der Waals surface area contributed by atoms with Crippen LogP contribution in [0.15, 0.2) is 41.4 Å². The van der Waals surface area contributed by atoms with Gasteiger partial charge >= 0.3 is 0 Å². The number of ether oxygens (including phenoxy) is 1. The Morgan fingerprint density at radius 3 is 2.62 bits per heavy atom. The number of nitrogens with zero attached hydrogens (tertiary/aromatic N) is 2. The highest BCUT2D eigenvalue weighted by atomic mass is 32.2. The van der Waals surface area contributed by atoms with E-state index < -0.39 is 10.0 Å². The van der Waals surface area contributed by atoms with Gasteiger partial charge in [-0.3, -0.25) is 5.10 Å². The first-order chi connectivity index (χ1) is 10.1. The van der Waals surface area contributed by atoms with Gasteiger partial charge in [-0.2, -0.15) is 9.40 Å². The van der Waals surface area contributed by atoms with E-state index in [-0.39, 0.29) is 23.8 Å². The molecule has 0 radical (unpaired) electrons. The van der Waals surface area contributed by atoms with Crippen LogP contribution >= 0.6 is 0 Å². The lowest BCUT2D eigenvalue weighted by atomic mass is 10.2. The summed E-state index contributed by atoms with van der Waals surface area (Å²) < 4.78 is 31.6. The number of hydrogen-bond acceptors (Lipinski definition) is 5. The molecule has 0 aliphatic carbocycles. The minimum absolute atomic E-state index is 0.0189. The summed E-state index contributed by atoms with van der Waals surface area (Å²) >= 11 is 0. The molecule has 0 fully saturated rings. The molecule has 0 unspecified atom stereocenters. The van der Waals surface area contributed by atoms with Gasteiger partial charge in [-0.15, -0.1) is 0 Å². The number of anilines is 1. The molecule has 7 nitrogen and oxygen atoms in total. The summed E-state index contributed by atoms with van der Waals surface area (Å²) in [6, 6.07) is 9.35. The predicted molar refractivity (Wildman–Crippen MR) is 78.9 cm³/mol. The van der Waals surface area contributed by atoms with Crippen LogP contribution in [0.4, 0.5) is 5.82 Å². The topological polar surface area (TPSA) is 101 Å². The normalized spacial score (nSPS) is 11.9. The molecule has 8 heteroatoms. The van der Waals surface area contributed by atoms with Crippen molar-refractivity contribution in [2.75, 3.05) is 26.0 Å². The third kappa shape index (κ3) is 3.60. The second kappa shape index (κ2) is 6.70. The molecule has 3 N–H and O–H groups in total. The Morgan fingerprint density at radius 2 is 2.05 bits per heavy atom. The number of nitrogens with two attached hydrogens (primary N) is 1. The molecule has 2 aromatic rings. The maximum Gasteiger partial charge on any atom is 0.248 e. The van der Waals surface area contributed by atoms with Crippen molar-refractivity contribution in [1.82, 2.24) is 14.5 Å². The number of aromatic nitrogens is 2. The zero-order valence-electron chi connectivity index (χ0n) is 11.7. The van der Waals surface area contributed by atoms with Crippen LogP contribution in [0.1, 0.15) is 5.56 Å². The van der Waals surface area contributed by atoms with Gasteiger partial charge in [0.05, 0.1) is 12.8 Å². The van der Waals surface area contributed by atoms with Gasteiger partial charge in [-0.25, -0.2) is 8.42 Å². The number of methoxy groups -OCH3 is 1. The maximum atomic E-state index is 12.7. The Kier molecular flexibility index (Phi) is 4.94. The average molecular weight is 310 g/mol. The van der Waals surface area contributed by atoms with Crippen molar-refractivity contribution in [3.05, 3.63) is 42.1 Å². The largest absolute Gasteiger partial charge is 0.383 e. The lowest BCUT2D eigenvalue weighted by Gasteiger charge is -2.21. The maximum absolute atomic E-state index is 12.7. The molecule has 1 aromatic heterocycles. The summed E-state index contributed by atoms with van der Waals surface area (Å²) in [5, 5.41) is 6.11. The molecule has 21 heavy (non-hydrogen) atoms. The predicted octanol–water partition coefficient (Wildman–Crippen LogP) is 0.829. The minimum atomic E-state index is -3.72. The van der Waals surface area contributed by atoms with Crippen LogP contribution in [-0.2, 0) is 21.3 Å². The summed E-state index contributed by atoms with van der Waals surface area (Å²) in [6.07, 6.45) is 1.22. The van der Waals surface area contributed by atoms with Crippen molar-refractivity contribution in [1.29, 1.82) is 0 Å². The first kappa shape index (κ1) is 15.5. The van der Waals surface area contributed by atoms with E-state index in [0.29, 0.717) is 6.61 Å². The van der Waals surface area contributed by atoms with Crippen LogP contribution in [-0.4, -0.2) is 43.2 Å². The van der Waals surface area contributed by atoms with Crippen LogP contribution in [0.5, 0.6) is 0 Å². The Bertz CT molecular complexity index is 670. The standard InChI is InChI=1S/C13H18N4O3S/c1-20-8-7-17(10-11-5-3-2-4-6-11)21(18,19)12-9-15-16-13(12)14/h2-6,9H,7-8,10H2,1H3,(H3,14,15,16). The highest BCUT2D eigenvalue weighted by Crippen LogP contribution is 2.21. The molecular formula is C13H18N4O3S. The van der Waals surface area contributed by atoms with Gasteiger partial charge in [0.15, 0.2) is 0 Å². The fourth-order valence-corrected chi connectivity index (χ4v) is 3.32. The Labute approximate surface area is 123 Å². The minimum Gasteiger partial charge on any atom is -0.383 e. The average Bonchev–Trinajstić information content (AvgIpc) is 2.91. The SMILES string of the molecule is COCCN(Cc1ccccc1)S(=O)(=O)c1cn[nH]c1N. The number of benzene rings is 1. The van der Waals surface area contributed by atoms with E-state index in [9.17, 15) is 8.42 Å². The quantitative estimate of drug-likeness (QED) is 0.788. The van der Waals surface area contributed by atoms with Gasteiger partial charge in [0.25, 0.3) is 0 Å². The van der Waals surface area contributed by atoms with Crippen LogP contribution in [0, 0.1) is 0 Å². The molecule has 0 amide bonds. The fourth-order valence-electron chi connectivity index (χ4n) is 1.89. The van der Waals surface area contributed by atoms with Crippen LogP contribution in [0.25, 0.3) is 0 Å². The van der Waals surface area contributed by atoms with E-state index in [1.165, 1.54) is 17.6 Å². The molecule has 0 spiro atoms. The Balaban J connectivity index is 2.29. The summed E-state index contributed by atoms with van der Waals surface area (Å²) in [6.45, 7) is 0.777. The summed E-state index contributed by atoms with van der Waals surface area (Å²) in [7, 11) is -2.20. The van der Waals surface area contributed by atoms with Gasteiger partial charge < -0.3 is 10.5 Å². The van der Waals surface area contributed by atoms with Gasteiger partial charge in [0.1, 0.15) is 10.7 Å². The van der Waals surface area contributed by atoms with Crippen LogP contribution in [0.3, 0.4) is 0 Å². The molecule has 0 saturated carbocycles. The molecule has 1 heterocycles. The van der Waals surface area contributed by atoms with E-state index in [2.05, 4.69) is 10.2 Å². The number of nitrogens with one attached hydrogen (secondary N) is 1. The van der Waals surface area contributed by atoms with Crippen molar-refractivity contribution in [2.24, 2.45) is 0 Å². The highest BCUT2D eigenvalue weighted by molar-refractivity contribution is 7.89. The second-order valence-corrected chi connectivity index (χ2v) is 6.37. The Morgan fingerprint density at radius 1 is 1.33 bits per heavy atom. The van der Waals surface area contributed by atoms with Crippen molar-refractivity contribution in [3.63, 3.8) is 0 Å². The van der Waals surface area contributed by atoms with Crippen molar-refractivity contribution in [3.8, 4) is 0 Å². The first-order valence-corrected chi connectivity index (χ1v) is 7.81. The molecule has 114 valence electrons. The van der Waals surface area contributed by atoms with Gasteiger partial charge in [0.2, 0.25) is 10.0 Å². The highest BCUT2D eigenvalue weighted by Gasteiger charge is 2.27. The van der Waals surface area contributed by atoms with Gasteiger partial charge in [0, 0.05) is 20.2 Å². The molecule has 0 aliphatic heterocycles. The van der Waals surface area contributed by atoms with E-state index in [0.717, 1.165) is 5.56 Å². The zero-order chi connectivity index (χ0) is 15.3. The summed E-state index contributed by atoms with van der Waals surface area (Å²) in [5.41, 5.74) is 6.52. The monoisotopic (exact) mass is 310 g/mol. The molecule has 0 aliphatic rings. The van der Waals surface area contributed by atoms with E-state index in [1.54, 1.807) is 0 Å². The second-order valence-electron chi connectivity index (χ2n) is 4.46. The summed E-state index contributed by atoms with van der Waals surface area (Å²) in [4.78, 5) is -0.0189. The number of aromatic amines is 1. The molecular weight excluding hydrogens is 292 g/mol. The van der Waals surface area contributed by atoms with Crippen molar-refractivity contribution < 1.29 is 13.2 Å². The number of rotatable bonds is 7. The van der Waals surface area contributed by atoms with Crippen LogP contribution < -0.4 is 5.73 Å². The summed E-state index contributed by atoms with van der Waals surface area (Å²) in [5.74, 6) is 0.0329. The smallest absolute Gasteiger partial charge is 0.248 e. The van der Waals surface area contributed by atoms with E-state index >= 15 is 0 Å². The number of hydrogen-bond donors (Lipinski definition) is 2. The Hall–Kier alpha value is -1.90. The first-order valence-electron chi connectivity index (χ1n) is 6.37. The van der Waals surface area contributed by atoms with Crippen LogP contribution in [0.2, 0.25) is 0 Å². The number of nitrogen functional groups attached to an aromatic ring is 1. The van der Waals surface area contributed by atoms with Gasteiger partial charge in [-0.05, 0) is 5.56 Å². The molecule has 1 aromatic carbocycles. The van der Waals surface area contributed by atoms with Crippen molar-refractivity contribution in [2.45, 2.75) is 11.4 Å². The fraction of sp³-hybridized carbons (Fsp3) is 0.308. The van der Waals surface area contributed by atoms with E-state index in [4.69, 9.17) is 10.5 Å². The molecule has 0 bridgehead atoms. The number of H-pyrrole nitrogens is 1. The zero-order valence-corrected chi connectivity index (χ0v) is 12.5. The molecule has 2 rings (SSSR count). The molecule has 0 atom stereocenters. The number of sulfonamides is 1.